The number of rotatable bonds is 8. The van der Waals surface area contributed by atoms with Gasteiger partial charge in [0.2, 0.25) is 11.8 Å². The first-order valence-corrected chi connectivity index (χ1v) is 12.6. The highest BCUT2D eigenvalue weighted by molar-refractivity contribution is 5.92. The molecule has 0 unspecified atom stereocenters. The van der Waals surface area contributed by atoms with Crippen molar-refractivity contribution in [3.05, 3.63) is 70.7 Å². The minimum absolute atomic E-state index is 0.0300. The molecule has 4 N–H and O–H groups in total. The first-order chi connectivity index (χ1) is 18.3. The van der Waals surface area contributed by atoms with Gasteiger partial charge in [-0.2, -0.15) is 13.2 Å². The maximum atomic E-state index is 14.0. The first-order valence-electron chi connectivity index (χ1n) is 12.6. The molecule has 1 aromatic heterocycles. The maximum Gasteiger partial charge on any atom is 0.418 e. The van der Waals surface area contributed by atoms with Gasteiger partial charge in [0, 0.05) is 29.5 Å². The molecule has 2 amide bonds. The molecule has 2 atom stereocenters. The lowest BCUT2D eigenvalue weighted by atomic mass is 9.79. The number of aryl methyl sites for hydroxylation is 1. The average molecular weight is 548 g/mol. The van der Waals surface area contributed by atoms with Crippen LogP contribution < -0.4 is 10.6 Å². The number of carboxylic acid groups (broad SMARTS) is 1. The van der Waals surface area contributed by atoms with Gasteiger partial charge in [-0.1, -0.05) is 37.3 Å². The number of halogens is 4. The monoisotopic (exact) mass is 547 g/mol. The lowest BCUT2D eigenvalue weighted by molar-refractivity contribution is -0.148. The van der Waals surface area contributed by atoms with E-state index >= 15 is 0 Å². The molecule has 2 aromatic carbocycles. The smallest absolute Gasteiger partial charge is 0.418 e. The van der Waals surface area contributed by atoms with E-state index in [0.29, 0.717) is 17.7 Å². The summed E-state index contributed by atoms with van der Waals surface area (Å²) in [5.74, 6) is -2.95. The summed E-state index contributed by atoms with van der Waals surface area (Å²) < 4.78 is 54.6. The molecule has 0 bridgehead atoms. The van der Waals surface area contributed by atoms with Gasteiger partial charge >= 0.3 is 12.1 Å². The van der Waals surface area contributed by atoms with Crippen molar-refractivity contribution >= 4 is 28.7 Å². The normalized spacial score (nSPS) is 18.7. The highest BCUT2D eigenvalue weighted by Gasteiger charge is 2.45. The summed E-state index contributed by atoms with van der Waals surface area (Å²) in [5.41, 5.74) is -2.61. The van der Waals surface area contributed by atoms with Gasteiger partial charge in [-0.05, 0) is 49.4 Å². The minimum Gasteiger partial charge on any atom is -0.479 e. The van der Waals surface area contributed by atoms with Gasteiger partial charge in [0.25, 0.3) is 0 Å². The summed E-state index contributed by atoms with van der Waals surface area (Å²) in [6.07, 6.45) is -4.85. The summed E-state index contributed by atoms with van der Waals surface area (Å²) in [5, 5.41) is 15.8. The van der Waals surface area contributed by atoms with Crippen LogP contribution in [0.2, 0.25) is 0 Å². The van der Waals surface area contributed by atoms with Crippen molar-refractivity contribution in [1.82, 2.24) is 15.6 Å². The molecule has 7 nitrogen and oxygen atoms in total. The van der Waals surface area contributed by atoms with E-state index in [2.05, 4.69) is 15.6 Å². The van der Waals surface area contributed by atoms with Gasteiger partial charge in [-0.25, -0.2) is 9.18 Å². The van der Waals surface area contributed by atoms with Crippen molar-refractivity contribution in [1.29, 1.82) is 0 Å². The Hall–Kier alpha value is -3.89. The number of fused-ring (bicyclic) bond motifs is 3. The van der Waals surface area contributed by atoms with E-state index in [1.165, 1.54) is 30.3 Å². The molecule has 11 heteroatoms. The van der Waals surface area contributed by atoms with Crippen LogP contribution >= 0.6 is 0 Å². The van der Waals surface area contributed by atoms with Crippen LogP contribution in [0.1, 0.15) is 55.5 Å². The van der Waals surface area contributed by atoms with E-state index in [4.69, 9.17) is 0 Å². The number of aliphatic carboxylic acids is 1. The lowest BCUT2D eigenvalue weighted by Crippen LogP contribution is -2.59. The molecule has 0 aliphatic heterocycles. The number of nitrogens with one attached hydrogen (secondary N) is 3. The lowest BCUT2D eigenvalue weighted by Gasteiger charge is -2.36. The fourth-order valence-corrected chi connectivity index (χ4v) is 5.17. The van der Waals surface area contributed by atoms with E-state index < -0.39 is 46.4 Å². The Morgan fingerprint density at radius 2 is 1.79 bits per heavy atom. The van der Waals surface area contributed by atoms with Crippen LogP contribution in [0.25, 0.3) is 10.9 Å². The number of aromatic nitrogens is 1. The van der Waals surface area contributed by atoms with Gasteiger partial charge < -0.3 is 20.7 Å². The second-order valence-electron chi connectivity index (χ2n) is 10.3. The fourth-order valence-electron chi connectivity index (χ4n) is 5.17. The highest BCUT2D eigenvalue weighted by Crippen LogP contribution is 2.40. The van der Waals surface area contributed by atoms with Gasteiger partial charge in [0.05, 0.1) is 17.5 Å². The average Bonchev–Trinajstić information content (AvgIpc) is 3.22. The predicted molar refractivity (Wildman–Crippen MR) is 135 cm³/mol. The molecule has 1 aliphatic rings. The summed E-state index contributed by atoms with van der Waals surface area (Å²) in [6.45, 7) is 3.39. The number of carbonyl (C=O) groups is 3. The maximum absolute atomic E-state index is 14.0. The number of carboxylic acids is 1. The zero-order valence-corrected chi connectivity index (χ0v) is 21.5. The van der Waals surface area contributed by atoms with Gasteiger partial charge in [0.15, 0.2) is 0 Å². The Labute approximate surface area is 222 Å². The predicted octanol–water partition coefficient (Wildman–Crippen LogP) is 4.67. The molecule has 1 aliphatic carbocycles. The Morgan fingerprint density at radius 3 is 2.44 bits per heavy atom. The summed E-state index contributed by atoms with van der Waals surface area (Å²) in [6, 6.07) is 9.58. The number of alkyl halides is 3. The number of para-hydroxylation sites is 1. The molecule has 0 saturated heterocycles. The molecule has 39 heavy (non-hydrogen) atoms. The van der Waals surface area contributed by atoms with Gasteiger partial charge in [-0.15, -0.1) is 0 Å². The van der Waals surface area contributed by atoms with E-state index in [9.17, 15) is 37.1 Å². The van der Waals surface area contributed by atoms with Crippen LogP contribution in [0.3, 0.4) is 0 Å². The van der Waals surface area contributed by atoms with Crippen LogP contribution in [-0.4, -0.2) is 39.0 Å². The zero-order valence-electron chi connectivity index (χ0n) is 21.5. The van der Waals surface area contributed by atoms with Crippen LogP contribution in [0.15, 0.2) is 42.5 Å². The standard InChI is InChI=1S/C28H29F4N3O4/c1-3-26(2,34-22(36)13-16-7-4-5-10-20(16)29)15-23(37)35-27(25(38)39)12-11-21-18(14-27)17-8-6-9-19(24(17)33-21)28(30,31)32/h4-10,33H,3,11-15H2,1-2H3,(H,34,36)(H,35,37)(H,38,39)/t26-,27+/m0/s1. The van der Waals surface area contributed by atoms with Crippen molar-refractivity contribution in [2.24, 2.45) is 0 Å². The SMILES string of the molecule is CC[C@@](C)(CC(=O)N[C@]1(C(=O)O)CCc2[nH]c3c(C(F)(F)F)cccc3c2C1)NC(=O)Cc1ccccc1F. The molecule has 0 radical (unpaired) electrons. The Morgan fingerprint density at radius 1 is 1.08 bits per heavy atom. The Kier molecular flexibility index (Phi) is 7.46. The minimum atomic E-state index is -4.59. The summed E-state index contributed by atoms with van der Waals surface area (Å²) in [7, 11) is 0. The molecule has 0 spiro atoms. The van der Waals surface area contributed by atoms with Crippen molar-refractivity contribution in [2.45, 2.75) is 69.6 Å². The number of aromatic amines is 1. The third-order valence-electron chi connectivity index (χ3n) is 7.48. The fraction of sp³-hybridized carbons (Fsp3) is 0.393. The number of carbonyl (C=O) groups excluding carboxylic acids is 2. The third kappa shape index (κ3) is 5.76. The number of hydrogen-bond acceptors (Lipinski definition) is 3. The second kappa shape index (κ2) is 10.3. The zero-order chi connectivity index (χ0) is 28.6. The molecule has 3 aromatic rings. The first kappa shape index (κ1) is 28.1. The summed E-state index contributed by atoms with van der Waals surface area (Å²) >= 11 is 0. The van der Waals surface area contributed by atoms with Gasteiger partial charge in [0.1, 0.15) is 11.4 Å². The molecule has 1 heterocycles. The number of benzene rings is 2. The third-order valence-corrected chi connectivity index (χ3v) is 7.48. The van der Waals surface area contributed by atoms with Gasteiger partial charge in [-0.3, -0.25) is 9.59 Å². The summed E-state index contributed by atoms with van der Waals surface area (Å²) in [4.78, 5) is 41.0. The largest absolute Gasteiger partial charge is 0.479 e. The van der Waals surface area contributed by atoms with Crippen molar-refractivity contribution in [3.63, 3.8) is 0 Å². The van der Waals surface area contributed by atoms with E-state index in [1.54, 1.807) is 19.9 Å². The van der Waals surface area contributed by atoms with E-state index in [1.807, 2.05) is 0 Å². The molecule has 4 rings (SSSR count). The number of amides is 2. The quantitative estimate of drug-likeness (QED) is 0.307. The molecular weight excluding hydrogens is 518 g/mol. The van der Waals surface area contributed by atoms with Crippen LogP contribution in [0.5, 0.6) is 0 Å². The second-order valence-corrected chi connectivity index (χ2v) is 10.3. The molecule has 208 valence electrons. The molecule has 0 fully saturated rings. The molecule has 0 saturated carbocycles. The van der Waals surface area contributed by atoms with E-state index in [-0.39, 0.29) is 48.6 Å². The van der Waals surface area contributed by atoms with Crippen molar-refractivity contribution in [2.75, 3.05) is 0 Å². The van der Waals surface area contributed by atoms with Crippen LogP contribution in [0.4, 0.5) is 17.6 Å². The number of H-pyrrole nitrogens is 1. The Bertz CT molecular complexity index is 1430. The highest BCUT2D eigenvalue weighted by atomic mass is 19.4. The number of hydrogen-bond donors (Lipinski definition) is 4. The molecular formula is C28H29F4N3O4. The Balaban J connectivity index is 1.52. The van der Waals surface area contributed by atoms with Crippen molar-refractivity contribution in [3.8, 4) is 0 Å². The van der Waals surface area contributed by atoms with Crippen LogP contribution in [0, 0.1) is 5.82 Å². The van der Waals surface area contributed by atoms with E-state index in [0.717, 1.165) is 6.07 Å². The van der Waals surface area contributed by atoms with Crippen molar-refractivity contribution < 1.29 is 37.1 Å². The topological polar surface area (TPSA) is 111 Å². The van der Waals surface area contributed by atoms with Crippen LogP contribution in [-0.2, 0) is 39.8 Å².